The number of carbonyl (C=O) groups is 2. The van der Waals surface area contributed by atoms with Gasteiger partial charge in [-0.15, -0.1) is 0 Å². The lowest BCUT2D eigenvalue weighted by molar-refractivity contribution is -0.142. The smallest absolute Gasteiger partial charge is 0.325 e. The molecule has 2 N–H and O–H groups in total. The molecule has 1 amide bonds. The Labute approximate surface area is 133 Å². The van der Waals surface area contributed by atoms with Crippen LogP contribution in [0.3, 0.4) is 0 Å². The Bertz CT molecular complexity index is 538. The summed E-state index contributed by atoms with van der Waals surface area (Å²) in [5.41, 5.74) is 0.359. The van der Waals surface area contributed by atoms with E-state index in [1.165, 1.54) is 6.92 Å². The van der Waals surface area contributed by atoms with Crippen molar-refractivity contribution in [3.63, 3.8) is 0 Å². The molecule has 0 aromatic heterocycles. The molecule has 0 heterocycles. The highest BCUT2D eigenvalue weighted by molar-refractivity contribution is 9.10. The lowest BCUT2D eigenvalue weighted by Gasteiger charge is -2.37. The molecule has 0 saturated heterocycles. The molecule has 1 saturated carbocycles. The van der Waals surface area contributed by atoms with E-state index in [-0.39, 0.29) is 5.91 Å². The van der Waals surface area contributed by atoms with Gasteiger partial charge < -0.3 is 10.4 Å². The number of carboxylic acid groups (broad SMARTS) is 1. The lowest BCUT2D eigenvalue weighted by atomic mass is 9.68. The number of carbonyl (C=O) groups excluding carboxylic acids is 1. The van der Waals surface area contributed by atoms with Crippen LogP contribution in [0.15, 0.2) is 28.7 Å². The standard InChI is InChI=1S/C16H20BrNO3/c1-11(14(19)20)18-15(21)16(8-3-2-4-9-16)12-6-5-7-13(17)10-12/h5-7,10-11H,2-4,8-9H2,1H3,(H,18,21)(H,19,20)/t11-/m1/s1. The third kappa shape index (κ3) is 3.46. The van der Waals surface area contributed by atoms with Gasteiger partial charge >= 0.3 is 5.97 Å². The van der Waals surface area contributed by atoms with E-state index in [1.807, 2.05) is 24.3 Å². The van der Waals surface area contributed by atoms with Crippen molar-refractivity contribution in [2.24, 2.45) is 0 Å². The van der Waals surface area contributed by atoms with E-state index >= 15 is 0 Å². The van der Waals surface area contributed by atoms with Crippen molar-refractivity contribution in [2.45, 2.75) is 50.5 Å². The van der Waals surface area contributed by atoms with Crippen LogP contribution < -0.4 is 5.32 Å². The van der Waals surface area contributed by atoms with Crippen molar-refractivity contribution < 1.29 is 14.7 Å². The second-order valence-electron chi connectivity index (χ2n) is 5.69. The summed E-state index contributed by atoms with van der Waals surface area (Å²) < 4.78 is 0.934. The zero-order valence-corrected chi connectivity index (χ0v) is 13.6. The van der Waals surface area contributed by atoms with Crippen molar-refractivity contribution in [2.75, 3.05) is 0 Å². The third-order valence-electron chi connectivity index (χ3n) is 4.24. The Balaban J connectivity index is 2.33. The number of nitrogens with one attached hydrogen (secondary N) is 1. The molecule has 0 bridgehead atoms. The molecule has 4 nitrogen and oxygen atoms in total. The van der Waals surface area contributed by atoms with Crippen LogP contribution >= 0.6 is 15.9 Å². The molecule has 1 aliphatic carbocycles. The minimum Gasteiger partial charge on any atom is -0.480 e. The van der Waals surface area contributed by atoms with Gasteiger partial charge in [-0.25, -0.2) is 0 Å². The van der Waals surface area contributed by atoms with Gasteiger partial charge in [0.15, 0.2) is 0 Å². The van der Waals surface area contributed by atoms with Gasteiger partial charge in [-0.1, -0.05) is 47.3 Å². The van der Waals surface area contributed by atoms with Gasteiger partial charge in [0.05, 0.1) is 5.41 Å². The van der Waals surface area contributed by atoms with Crippen molar-refractivity contribution >= 4 is 27.8 Å². The Morgan fingerprint density at radius 3 is 2.52 bits per heavy atom. The summed E-state index contributed by atoms with van der Waals surface area (Å²) in [4.78, 5) is 23.7. The van der Waals surface area contributed by atoms with E-state index in [0.29, 0.717) is 0 Å². The number of halogens is 1. The maximum atomic E-state index is 12.8. The van der Waals surface area contributed by atoms with Gasteiger partial charge in [-0.2, -0.15) is 0 Å². The summed E-state index contributed by atoms with van der Waals surface area (Å²) in [5, 5.41) is 11.7. The number of hydrogen-bond donors (Lipinski definition) is 2. The van der Waals surface area contributed by atoms with Gasteiger partial charge in [0.2, 0.25) is 5.91 Å². The zero-order valence-electron chi connectivity index (χ0n) is 12.1. The molecule has 1 aliphatic rings. The monoisotopic (exact) mass is 353 g/mol. The van der Waals surface area contributed by atoms with Crippen LogP contribution in [0.25, 0.3) is 0 Å². The van der Waals surface area contributed by atoms with Crippen molar-refractivity contribution in [3.05, 3.63) is 34.3 Å². The molecule has 1 aromatic carbocycles. The van der Waals surface area contributed by atoms with Gasteiger partial charge in [-0.05, 0) is 37.5 Å². The van der Waals surface area contributed by atoms with E-state index in [9.17, 15) is 9.59 Å². The summed E-state index contributed by atoms with van der Waals surface area (Å²) in [6, 6.07) is 6.90. The van der Waals surface area contributed by atoms with Gasteiger partial charge in [0, 0.05) is 4.47 Å². The van der Waals surface area contributed by atoms with Crippen molar-refractivity contribution in [1.82, 2.24) is 5.32 Å². The average molecular weight is 354 g/mol. The van der Waals surface area contributed by atoms with Crippen LogP contribution in [0.1, 0.15) is 44.6 Å². The number of hydrogen-bond acceptors (Lipinski definition) is 2. The van der Waals surface area contributed by atoms with Gasteiger partial charge in [-0.3, -0.25) is 9.59 Å². The highest BCUT2D eigenvalue weighted by Gasteiger charge is 2.42. The number of rotatable bonds is 4. The first-order valence-electron chi connectivity index (χ1n) is 7.25. The van der Waals surface area contributed by atoms with Crippen LogP contribution in [0.5, 0.6) is 0 Å². The molecule has 0 spiro atoms. The van der Waals surface area contributed by atoms with E-state index in [2.05, 4.69) is 21.2 Å². The summed E-state index contributed by atoms with van der Waals surface area (Å²) in [5.74, 6) is -1.18. The summed E-state index contributed by atoms with van der Waals surface area (Å²) in [7, 11) is 0. The summed E-state index contributed by atoms with van der Waals surface area (Å²) >= 11 is 3.45. The first kappa shape index (κ1) is 16.0. The number of amides is 1. The Hall–Kier alpha value is -1.36. The zero-order chi connectivity index (χ0) is 15.5. The molecular weight excluding hydrogens is 334 g/mol. The third-order valence-corrected chi connectivity index (χ3v) is 4.73. The quantitative estimate of drug-likeness (QED) is 0.872. The molecule has 1 aromatic rings. The molecule has 0 radical (unpaired) electrons. The van der Waals surface area contributed by atoms with E-state index in [4.69, 9.17) is 5.11 Å². The number of aliphatic carboxylic acids is 1. The second-order valence-corrected chi connectivity index (χ2v) is 6.60. The molecule has 21 heavy (non-hydrogen) atoms. The van der Waals surface area contributed by atoms with Crippen molar-refractivity contribution in [3.8, 4) is 0 Å². The normalized spacial score (nSPS) is 18.8. The van der Waals surface area contributed by atoms with Crippen LogP contribution in [0.4, 0.5) is 0 Å². The van der Waals surface area contributed by atoms with Gasteiger partial charge in [0.1, 0.15) is 6.04 Å². The second kappa shape index (κ2) is 6.60. The molecule has 2 rings (SSSR count). The fraction of sp³-hybridized carbons (Fsp3) is 0.500. The van der Waals surface area contributed by atoms with E-state index in [1.54, 1.807) is 0 Å². The SMILES string of the molecule is C[C@@H](NC(=O)C1(c2cccc(Br)c2)CCCCC1)C(=O)O. The van der Waals surface area contributed by atoms with Crippen LogP contribution in [-0.4, -0.2) is 23.0 Å². The first-order chi connectivity index (χ1) is 9.95. The highest BCUT2D eigenvalue weighted by atomic mass is 79.9. The van der Waals surface area contributed by atoms with Gasteiger partial charge in [0.25, 0.3) is 0 Å². The minimum atomic E-state index is -1.01. The summed E-state index contributed by atoms with van der Waals surface area (Å²) in [6.45, 7) is 1.50. The molecule has 1 fully saturated rings. The predicted octanol–water partition coefficient (Wildman–Crippen LogP) is 3.24. The Morgan fingerprint density at radius 2 is 1.95 bits per heavy atom. The van der Waals surface area contributed by atoms with E-state index < -0.39 is 17.4 Å². The number of benzene rings is 1. The topological polar surface area (TPSA) is 66.4 Å². The Kier molecular flexibility index (Phi) is 5.04. The van der Waals surface area contributed by atoms with E-state index in [0.717, 1.165) is 42.1 Å². The fourth-order valence-electron chi connectivity index (χ4n) is 2.98. The maximum Gasteiger partial charge on any atom is 0.325 e. The molecule has 114 valence electrons. The molecular formula is C16H20BrNO3. The lowest BCUT2D eigenvalue weighted by Crippen LogP contribution is -2.50. The molecule has 5 heteroatoms. The average Bonchev–Trinajstić information content (AvgIpc) is 2.47. The van der Waals surface area contributed by atoms with Crippen molar-refractivity contribution in [1.29, 1.82) is 0 Å². The number of carboxylic acids is 1. The maximum absolute atomic E-state index is 12.8. The predicted molar refractivity (Wildman–Crippen MR) is 84.1 cm³/mol. The minimum absolute atomic E-state index is 0.171. The molecule has 0 unspecified atom stereocenters. The first-order valence-corrected chi connectivity index (χ1v) is 8.05. The Morgan fingerprint density at radius 1 is 1.29 bits per heavy atom. The van der Waals surface area contributed by atoms with Crippen LogP contribution in [0.2, 0.25) is 0 Å². The largest absolute Gasteiger partial charge is 0.480 e. The summed E-state index contributed by atoms with van der Waals surface area (Å²) in [6.07, 6.45) is 4.63. The molecule has 0 aliphatic heterocycles. The fourth-order valence-corrected chi connectivity index (χ4v) is 3.38. The molecule has 1 atom stereocenters. The van der Waals surface area contributed by atoms with Crippen LogP contribution in [0, 0.1) is 0 Å². The van der Waals surface area contributed by atoms with Crippen LogP contribution in [-0.2, 0) is 15.0 Å². The highest BCUT2D eigenvalue weighted by Crippen LogP contribution is 2.40.